The third-order valence-corrected chi connectivity index (χ3v) is 0.587. The number of carbonyl (C=O) groups is 1. The van der Waals surface area contributed by atoms with Gasteiger partial charge in [0.2, 0.25) is 0 Å². The van der Waals surface area contributed by atoms with Gasteiger partial charge in [0.1, 0.15) is 13.2 Å². The van der Waals surface area contributed by atoms with Gasteiger partial charge in [0.15, 0.2) is 5.78 Å². The molecule has 0 aliphatic carbocycles. The Morgan fingerprint density at radius 2 is 2.43 bits per heavy atom. The van der Waals surface area contributed by atoms with Crippen LogP contribution in [0.15, 0.2) is 0 Å². The summed E-state index contributed by atoms with van der Waals surface area (Å²) in [5.74, 6) is -0.310. The smallest absolute Gasteiger partial charge is 0.184 e. The van der Waals surface area contributed by atoms with Crippen molar-refractivity contribution in [2.24, 2.45) is 0 Å². The zero-order valence-corrected chi connectivity index (χ0v) is 4.91. The second-order valence-electron chi connectivity index (χ2n) is 1.01. The molecule has 0 rings (SSSR count). The quantitative estimate of drug-likeness (QED) is 0.506. The Bertz CT molecular complexity index is 63.2. The van der Waals surface area contributed by atoms with Gasteiger partial charge < -0.3 is 9.63 Å². The van der Waals surface area contributed by atoms with Crippen LogP contribution in [0.2, 0.25) is 0 Å². The number of ketones is 1. The summed E-state index contributed by atoms with van der Waals surface area (Å²) in [6.45, 7) is -0.463. The van der Waals surface area contributed by atoms with Gasteiger partial charge in [-0.1, -0.05) is 0 Å². The Morgan fingerprint density at radius 1 is 1.86 bits per heavy atom. The first-order valence-electron chi connectivity index (χ1n) is 1.75. The number of carbonyl (C=O) groups excluding carboxylic acids is 1. The minimum Gasteiger partial charge on any atom is -0.388 e. The minimum atomic E-state index is -0.436. The summed E-state index contributed by atoms with van der Waals surface area (Å²) < 4.78 is 4.30. The average molecular weight is 122 g/mol. The fraction of sp³-hybridized carbons (Fsp3) is 0.667. The lowest BCUT2D eigenvalue weighted by Crippen LogP contribution is -2.08. The molecule has 1 atom stereocenters. The van der Waals surface area contributed by atoms with Crippen molar-refractivity contribution in [2.75, 3.05) is 13.2 Å². The number of aliphatic hydroxyl groups excluding tert-OH is 1. The van der Waals surface area contributed by atoms with E-state index in [-0.39, 0.29) is 12.4 Å². The molecule has 1 N–H and O–H groups in total. The molecule has 0 amide bonds. The van der Waals surface area contributed by atoms with Gasteiger partial charge in [-0.3, -0.25) is 4.79 Å². The van der Waals surface area contributed by atoms with Crippen molar-refractivity contribution in [3.63, 3.8) is 0 Å². The molecular weight excluding hydrogens is 115 g/mol. The first-order chi connectivity index (χ1) is 3.31. The molecule has 3 nitrogen and oxygen atoms in total. The van der Waals surface area contributed by atoms with E-state index in [9.17, 15) is 4.79 Å². The molecule has 0 radical (unpaired) electrons. The summed E-state index contributed by atoms with van der Waals surface area (Å²) in [5, 5.41) is 8.03. The molecular formula is C3H7O3P. The Kier molecular flexibility index (Phi) is 4.20. The molecule has 7 heavy (non-hydrogen) atoms. The van der Waals surface area contributed by atoms with Crippen molar-refractivity contribution < 1.29 is 14.4 Å². The van der Waals surface area contributed by atoms with Crippen molar-refractivity contribution in [3.05, 3.63) is 0 Å². The SMILES string of the molecule is O=C(CO)COP. The Hall–Kier alpha value is 0.0200. The van der Waals surface area contributed by atoms with Crippen molar-refractivity contribution in [1.82, 2.24) is 0 Å². The Labute approximate surface area is 44.0 Å². The lowest BCUT2D eigenvalue weighted by Gasteiger charge is -1.89. The molecule has 0 saturated heterocycles. The monoisotopic (exact) mass is 122 g/mol. The van der Waals surface area contributed by atoms with Gasteiger partial charge in [-0.25, -0.2) is 0 Å². The van der Waals surface area contributed by atoms with Crippen LogP contribution in [0.5, 0.6) is 0 Å². The van der Waals surface area contributed by atoms with Crippen LogP contribution in [0.4, 0.5) is 0 Å². The van der Waals surface area contributed by atoms with E-state index in [4.69, 9.17) is 5.11 Å². The number of aliphatic hydroxyl groups is 1. The molecule has 0 aromatic carbocycles. The summed E-state index contributed by atoms with van der Waals surface area (Å²) in [6, 6.07) is 0. The highest BCUT2D eigenvalue weighted by Gasteiger charge is 1.93. The molecule has 42 valence electrons. The molecule has 4 heteroatoms. The van der Waals surface area contributed by atoms with Crippen LogP contribution in [-0.2, 0) is 9.32 Å². The molecule has 0 heterocycles. The largest absolute Gasteiger partial charge is 0.388 e. The van der Waals surface area contributed by atoms with Gasteiger partial charge in [0, 0.05) is 9.47 Å². The maximum absolute atomic E-state index is 10.0. The molecule has 0 aliphatic rings. The molecule has 1 unspecified atom stereocenters. The third kappa shape index (κ3) is 3.86. The summed E-state index contributed by atoms with van der Waals surface area (Å²) >= 11 is 0. The zero-order valence-electron chi connectivity index (χ0n) is 3.76. The van der Waals surface area contributed by atoms with Crippen LogP contribution in [0, 0.1) is 0 Å². The molecule has 0 bridgehead atoms. The zero-order chi connectivity index (χ0) is 5.70. The summed E-state index contributed by atoms with van der Waals surface area (Å²) in [6.07, 6.45) is 0. The maximum atomic E-state index is 10.0. The van der Waals surface area contributed by atoms with Gasteiger partial charge in [0.25, 0.3) is 0 Å². The second kappa shape index (κ2) is 4.19. The maximum Gasteiger partial charge on any atom is 0.184 e. The highest BCUT2D eigenvalue weighted by molar-refractivity contribution is 7.09. The summed E-state index contributed by atoms with van der Waals surface area (Å²) in [5.41, 5.74) is 0. The fourth-order valence-corrected chi connectivity index (χ4v) is 0.324. The van der Waals surface area contributed by atoms with E-state index in [1.165, 1.54) is 0 Å². The topological polar surface area (TPSA) is 46.5 Å². The van der Waals surface area contributed by atoms with Gasteiger partial charge >= 0.3 is 0 Å². The van der Waals surface area contributed by atoms with Crippen LogP contribution in [0.25, 0.3) is 0 Å². The van der Waals surface area contributed by atoms with E-state index in [2.05, 4.69) is 4.52 Å². The van der Waals surface area contributed by atoms with Gasteiger partial charge in [-0.15, -0.1) is 0 Å². The van der Waals surface area contributed by atoms with Crippen molar-refractivity contribution in [2.45, 2.75) is 0 Å². The fourth-order valence-electron chi connectivity index (χ4n) is 0.139. The van der Waals surface area contributed by atoms with Crippen LogP contribution in [0.1, 0.15) is 0 Å². The molecule has 0 spiro atoms. The highest BCUT2D eigenvalue weighted by atomic mass is 31.0. The normalized spacial score (nSPS) is 8.86. The molecule has 0 fully saturated rings. The van der Waals surface area contributed by atoms with Crippen LogP contribution >= 0.6 is 9.47 Å². The van der Waals surface area contributed by atoms with Gasteiger partial charge in [-0.2, -0.15) is 0 Å². The van der Waals surface area contributed by atoms with Crippen LogP contribution in [0.3, 0.4) is 0 Å². The van der Waals surface area contributed by atoms with Crippen molar-refractivity contribution in [1.29, 1.82) is 0 Å². The van der Waals surface area contributed by atoms with E-state index in [1.54, 1.807) is 0 Å². The number of rotatable bonds is 3. The predicted octanol–water partition coefficient (Wildman–Crippen LogP) is -0.645. The number of Topliss-reactive ketones (excluding diaryl/α,β-unsaturated/α-hetero) is 1. The Morgan fingerprint density at radius 3 is 2.57 bits per heavy atom. The second-order valence-corrected chi connectivity index (χ2v) is 1.34. The van der Waals surface area contributed by atoms with Gasteiger partial charge in [-0.05, 0) is 0 Å². The van der Waals surface area contributed by atoms with Crippen molar-refractivity contribution in [3.8, 4) is 0 Å². The van der Waals surface area contributed by atoms with E-state index >= 15 is 0 Å². The van der Waals surface area contributed by atoms with Crippen LogP contribution in [-0.4, -0.2) is 24.1 Å². The Balaban J connectivity index is 3.00. The summed E-state index contributed by atoms with van der Waals surface area (Å²) in [4.78, 5) is 10.0. The highest BCUT2D eigenvalue weighted by Crippen LogP contribution is 1.82. The minimum absolute atomic E-state index is 0.0266. The van der Waals surface area contributed by atoms with E-state index in [1.807, 2.05) is 9.47 Å². The first-order valence-corrected chi connectivity index (χ1v) is 2.22. The molecule has 0 saturated carbocycles. The number of hydrogen-bond acceptors (Lipinski definition) is 3. The van der Waals surface area contributed by atoms with Crippen molar-refractivity contribution >= 4 is 15.2 Å². The lowest BCUT2D eigenvalue weighted by atomic mass is 10.5. The van der Waals surface area contributed by atoms with Crippen LogP contribution < -0.4 is 0 Å². The summed E-state index contributed by atoms with van der Waals surface area (Å²) in [7, 11) is 1.92. The molecule has 0 aromatic heterocycles. The molecule has 0 aliphatic heterocycles. The van der Waals surface area contributed by atoms with E-state index in [0.717, 1.165) is 0 Å². The average Bonchev–Trinajstić information content (AvgIpc) is 1.68. The number of hydrogen-bond donors (Lipinski definition) is 1. The van der Waals surface area contributed by atoms with Gasteiger partial charge in [0.05, 0.1) is 0 Å². The first kappa shape index (κ1) is 7.02. The van der Waals surface area contributed by atoms with E-state index < -0.39 is 6.61 Å². The third-order valence-electron chi connectivity index (χ3n) is 0.421. The lowest BCUT2D eigenvalue weighted by molar-refractivity contribution is -0.123. The van der Waals surface area contributed by atoms with E-state index in [0.29, 0.717) is 0 Å². The standard InChI is InChI=1S/C3H7O3P/c4-1-3(5)2-6-7/h4H,1-2,7H2. The molecule has 0 aromatic rings. The predicted molar refractivity (Wildman–Crippen MR) is 27.8 cm³/mol.